The molecule has 0 radical (unpaired) electrons. The normalized spacial score (nSPS) is 18.9. The maximum Gasteiger partial charge on any atom is 0.328 e. The Bertz CT molecular complexity index is 378. The van der Waals surface area contributed by atoms with Crippen LogP contribution in [-0.2, 0) is 14.4 Å². The zero-order valence-corrected chi connectivity index (χ0v) is 9.54. The predicted molar refractivity (Wildman–Crippen MR) is 56.4 cm³/mol. The molecule has 0 saturated carbocycles. The summed E-state index contributed by atoms with van der Waals surface area (Å²) in [5, 5.41) is 22.0. The lowest BCUT2D eigenvalue weighted by Gasteiger charge is -2.27. The van der Waals surface area contributed by atoms with Crippen LogP contribution in [0.1, 0.15) is 6.92 Å². The van der Waals surface area contributed by atoms with Crippen LogP contribution < -0.4 is 10.6 Å². The van der Waals surface area contributed by atoms with E-state index in [-0.39, 0.29) is 13.1 Å². The summed E-state index contributed by atoms with van der Waals surface area (Å²) in [7, 11) is 0. The number of aliphatic carboxylic acids is 1. The molecule has 0 aliphatic carbocycles. The Morgan fingerprint density at radius 3 is 2.22 bits per heavy atom. The van der Waals surface area contributed by atoms with Crippen LogP contribution in [0.5, 0.6) is 0 Å². The van der Waals surface area contributed by atoms with E-state index >= 15 is 0 Å². The number of piperazine rings is 1. The molecule has 9 heteroatoms. The summed E-state index contributed by atoms with van der Waals surface area (Å²) in [6, 6.07) is -2.40. The molecule has 1 aliphatic heterocycles. The van der Waals surface area contributed by atoms with Crippen molar-refractivity contribution in [1.82, 2.24) is 15.5 Å². The van der Waals surface area contributed by atoms with Gasteiger partial charge in [0.1, 0.15) is 13.1 Å². The summed E-state index contributed by atoms with van der Waals surface area (Å²) in [5.74, 6) is -2.71. The molecule has 1 saturated heterocycles. The van der Waals surface area contributed by atoms with Crippen molar-refractivity contribution in [2.75, 3.05) is 13.1 Å². The van der Waals surface area contributed by atoms with Gasteiger partial charge in [0.25, 0.3) is 0 Å². The second-order valence-electron chi connectivity index (χ2n) is 3.83. The van der Waals surface area contributed by atoms with Crippen LogP contribution in [0.4, 0.5) is 4.79 Å². The molecule has 0 spiro atoms. The number of imide groups is 1. The number of nitrogens with zero attached hydrogens (tertiary/aromatic N) is 1. The SMILES string of the molecule is C[C@@H](O)[C@H](NC(=O)N1CC(=O)NC(=O)C1)C(=O)O. The molecule has 0 aromatic heterocycles. The molecule has 100 valence electrons. The Hall–Kier alpha value is -2.16. The molecule has 2 atom stereocenters. The Morgan fingerprint density at radius 1 is 1.33 bits per heavy atom. The molecule has 0 aromatic carbocycles. The van der Waals surface area contributed by atoms with Crippen LogP contribution in [-0.4, -0.2) is 64.2 Å². The minimum Gasteiger partial charge on any atom is -0.480 e. The van der Waals surface area contributed by atoms with E-state index in [1.54, 1.807) is 0 Å². The first-order valence-electron chi connectivity index (χ1n) is 5.10. The monoisotopic (exact) mass is 259 g/mol. The van der Waals surface area contributed by atoms with Crippen molar-refractivity contribution in [3.63, 3.8) is 0 Å². The number of carboxylic acid groups (broad SMARTS) is 1. The molecule has 0 bridgehead atoms. The fraction of sp³-hybridized carbons (Fsp3) is 0.556. The second kappa shape index (κ2) is 5.45. The van der Waals surface area contributed by atoms with Gasteiger partial charge in [-0.1, -0.05) is 0 Å². The largest absolute Gasteiger partial charge is 0.480 e. The van der Waals surface area contributed by atoms with Gasteiger partial charge in [0.2, 0.25) is 11.8 Å². The third-order valence-corrected chi connectivity index (χ3v) is 2.26. The van der Waals surface area contributed by atoms with E-state index in [0.717, 1.165) is 4.90 Å². The molecule has 9 nitrogen and oxygen atoms in total. The van der Waals surface area contributed by atoms with Crippen molar-refractivity contribution in [3.05, 3.63) is 0 Å². The molecule has 4 N–H and O–H groups in total. The summed E-state index contributed by atoms with van der Waals surface area (Å²) in [5.41, 5.74) is 0. The fourth-order valence-corrected chi connectivity index (χ4v) is 1.39. The number of rotatable bonds is 3. The summed E-state index contributed by atoms with van der Waals surface area (Å²) < 4.78 is 0. The van der Waals surface area contributed by atoms with E-state index in [1.807, 2.05) is 10.6 Å². The van der Waals surface area contributed by atoms with E-state index in [1.165, 1.54) is 6.92 Å². The lowest BCUT2D eigenvalue weighted by atomic mass is 10.2. The van der Waals surface area contributed by atoms with E-state index < -0.39 is 36.0 Å². The van der Waals surface area contributed by atoms with Gasteiger partial charge >= 0.3 is 12.0 Å². The Balaban J connectivity index is 2.66. The second-order valence-corrected chi connectivity index (χ2v) is 3.83. The summed E-state index contributed by atoms with van der Waals surface area (Å²) >= 11 is 0. The smallest absolute Gasteiger partial charge is 0.328 e. The van der Waals surface area contributed by atoms with Gasteiger partial charge in [-0.3, -0.25) is 14.9 Å². The number of carboxylic acids is 1. The number of nitrogens with one attached hydrogen (secondary N) is 2. The molecule has 0 aromatic rings. The molecular weight excluding hydrogens is 246 g/mol. The summed E-state index contributed by atoms with van der Waals surface area (Å²) in [6.45, 7) is 0.514. The lowest BCUT2D eigenvalue weighted by molar-refractivity contribution is -0.141. The Kier molecular flexibility index (Phi) is 4.21. The first-order chi connectivity index (χ1) is 8.31. The maximum atomic E-state index is 11.6. The molecule has 1 heterocycles. The topological polar surface area (TPSA) is 136 Å². The predicted octanol–water partition coefficient (Wildman–Crippen LogP) is -2.51. The van der Waals surface area contributed by atoms with Gasteiger partial charge in [-0.2, -0.15) is 0 Å². The highest BCUT2D eigenvalue weighted by Crippen LogP contribution is 1.99. The Morgan fingerprint density at radius 2 is 1.83 bits per heavy atom. The molecule has 1 rings (SSSR count). The van der Waals surface area contributed by atoms with Gasteiger partial charge in [0.15, 0.2) is 6.04 Å². The number of carbonyl (C=O) groups is 4. The van der Waals surface area contributed by atoms with Crippen molar-refractivity contribution in [3.8, 4) is 0 Å². The van der Waals surface area contributed by atoms with Crippen LogP contribution >= 0.6 is 0 Å². The first-order valence-corrected chi connectivity index (χ1v) is 5.10. The number of urea groups is 1. The molecule has 1 fully saturated rings. The number of hydrogen-bond donors (Lipinski definition) is 4. The molecule has 1 aliphatic rings. The van der Waals surface area contributed by atoms with E-state index in [9.17, 15) is 24.3 Å². The minimum atomic E-state index is -1.50. The average molecular weight is 259 g/mol. The lowest BCUT2D eigenvalue weighted by Crippen LogP contribution is -2.59. The number of hydrogen-bond acceptors (Lipinski definition) is 5. The van der Waals surface area contributed by atoms with Gasteiger partial charge in [0.05, 0.1) is 6.10 Å². The fourth-order valence-electron chi connectivity index (χ4n) is 1.39. The molecular formula is C9H13N3O6. The summed E-state index contributed by atoms with van der Waals surface area (Å²) in [6.07, 6.45) is -1.30. The van der Waals surface area contributed by atoms with Crippen molar-refractivity contribution >= 4 is 23.8 Å². The van der Waals surface area contributed by atoms with Gasteiger partial charge in [-0.25, -0.2) is 9.59 Å². The molecule has 4 amide bonds. The van der Waals surface area contributed by atoms with Crippen LogP contribution in [0.25, 0.3) is 0 Å². The van der Waals surface area contributed by atoms with Crippen LogP contribution in [0.2, 0.25) is 0 Å². The third kappa shape index (κ3) is 3.42. The van der Waals surface area contributed by atoms with Crippen LogP contribution in [0.3, 0.4) is 0 Å². The van der Waals surface area contributed by atoms with Crippen molar-refractivity contribution in [2.24, 2.45) is 0 Å². The van der Waals surface area contributed by atoms with Gasteiger partial charge in [-0.15, -0.1) is 0 Å². The van der Waals surface area contributed by atoms with E-state index in [4.69, 9.17) is 5.11 Å². The highest BCUT2D eigenvalue weighted by molar-refractivity contribution is 6.02. The minimum absolute atomic E-state index is 0.344. The highest BCUT2D eigenvalue weighted by atomic mass is 16.4. The van der Waals surface area contributed by atoms with Crippen molar-refractivity contribution < 1.29 is 29.4 Å². The zero-order chi connectivity index (χ0) is 13.9. The molecule has 0 unspecified atom stereocenters. The third-order valence-electron chi connectivity index (χ3n) is 2.26. The highest BCUT2D eigenvalue weighted by Gasteiger charge is 2.31. The zero-order valence-electron chi connectivity index (χ0n) is 9.54. The number of carbonyl (C=O) groups excluding carboxylic acids is 3. The van der Waals surface area contributed by atoms with Crippen LogP contribution in [0.15, 0.2) is 0 Å². The molecule has 18 heavy (non-hydrogen) atoms. The van der Waals surface area contributed by atoms with Crippen molar-refractivity contribution in [1.29, 1.82) is 0 Å². The van der Waals surface area contributed by atoms with E-state index in [2.05, 4.69) is 0 Å². The number of amides is 4. The Labute approximate surface area is 102 Å². The van der Waals surface area contributed by atoms with Crippen LogP contribution in [0, 0.1) is 0 Å². The van der Waals surface area contributed by atoms with Gasteiger partial charge < -0.3 is 20.4 Å². The number of aliphatic hydroxyl groups excluding tert-OH is 1. The first kappa shape index (κ1) is 13.9. The summed E-state index contributed by atoms with van der Waals surface area (Å²) in [4.78, 5) is 45.3. The van der Waals surface area contributed by atoms with Crippen molar-refractivity contribution in [2.45, 2.75) is 19.1 Å². The standard InChI is InChI=1S/C9H13N3O6/c1-4(13)7(8(16)17)11-9(18)12-2-5(14)10-6(15)3-12/h4,7,13H,2-3H2,1H3,(H,11,18)(H,16,17)(H,10,14,15)/t4-,7+/m1/s1. The average Bonchev–Trinajstić information content (AvgIpc) is 2.23. The number of aliphatic hydroxyl groups is 1. The van der Waals surface area contributed by atoms with E-state index in [0.29, 0.717) is 0 Å². The quantitative estimate of drug-likeness (QED) is 0.413. The van der Waals surface area contributed by atoms with Gasteiger partial charge in [-0.05, 0) is 6.92 Å². The van der Waals surface area contributed by atoms with Gasteiger partial charge in [0, 0.05) is 0 Å². The maximum absolute atomic E-state index is 11.6.